The van der Waals surface area contributed by atoms with E-state index in [-0.39, 0.29) is 6.10 Å². The Morgan fingerprint density at radius 2 is 2.00 bits per heavy atom. The molecule has 3 rings (SSSR count). The fourth-order valence-electron chi connectivity index (χ4n) is 3.07. The molecule has 1 fully saturated rings. The van der Waals surface area contributed by atoms with Gasteiger partial charge in [0.15, 0.2) is 0 Å². The van der Waals surface area contributed by atoms with E-state index in [1.54, 1.807) is 0 Å². The summed E-state index contributed by atoms with van der Waals surface area (Å²) in [6.07, 6.45) is 7.61. The van der Waals surface area contributed by atoms with Crippen LogP contribution in [0.15, 0.2) is 30.3 Å². The van der Waals surface area contributed by atoms with Crippen LogP contribution < -0.4 is 0 Å². The Bertz CT molecular complexity index is 466. The third-order valence-corrected chi connectivity index (χ3v) is 4.14. The van der Waals surface area contributed by atoms with Gasteiger partial charge in [-0.1, -0.05) is 42.8 Å². The first-order valence-corrected chi connectivity index (χ1v) is 7.62. The molecule has 108 valence electrons. The number of aliphatic hydroxyl groups excluding tert-OH is 1. The zero-order chi connectivity index (χ0) is 13.8. The Labute approximate surface area is 120 Å². The van der Waals surface area contributed by atoms with Crippen molar-refractivity contribution in [2.24, 2.45) is 0 Å². The zero-order valence-corrected chi connectivity index (χ0v) is 11.9. The highest BCUT2D eigenvalue weighted by atomic mass is 16.5. The van der Waals surface area contributed by atoms with Crippen molar-refractivity contribution in [2.45, 2.75) is 31.5 Å². The van der Waals surface area contributed by atoms with Gasteiger partial charge in [-0.25, -0.2) is 0 Å². The lowest BCUT2D eigenvalue weighted by Crippen LogP contribution is -2.38. The Morgan fingerprint density at radius 1 is 1.20 bits per heavy atom. The number of ether oxygens (including phenoxy) is 1. The summed E-state index contributed by atoms with van der Waals surface area (Å²) < 4.78 is 5.87. The number of hydrogen-bond acceptors (Lipinski definition) is 3. The topological polar surface area (TPSA) is 32.7 Å². The van der Waals surface area contributed by atoms with Crippen molar-refractivity contribution >= 4 is 6.08 Å². The molecule has 0 saturated carbocycles. The molecule has 2 unspecified atom stereocenters. The van der Waals surface area contributed by atoms with E-state index in [1.807, 2.05) is 12.1 Å². The van der Waals surface area contributed by atoms with Crippen LogP contribution in [0.4, 0.5) is 0 Å². The summed E-state index contributed by atoms with van der Waals surface area (Å²) in [7, 11) is 0. The highest BCUT2D eigenvalue weighted by Gasteiger charge is 2.20. The Morgan fingerprint density at radius 3 is 2.85 bits per heavy atom. The molecule has 0 spiro atoms. The van der Waals surface area contributed by atoms with E-state index in [0.717, 1.165) is 19.6 Å². The van der Waals surface area contributed by atoms with Gasteiger partial charge in [0.05, 0.1) is 12.7 Å². The van der Waals surface area contributed by atoms with Gasteiger partial charge in [0.25, 0.3) is 0 Å². The molecule has 2 atom stereocenters. The van der Waals surface area contributed by atoms with Crippen molar-refractivity contribution in [1.82, 2.24) is 4.90 Å². The molecule has 1 aliphatic carbocycles. The van der Waals surface area contributed by atoms with Crippen LogP contribution in [-0.4, -0.2) is 42.4 Å². The second kappa shape index (κ2) is 6.53. The van der Waals surface area contributed by atoms with E-state index in [2.05, 4.69) is 29.2 Å². The first-order valence-electron chi connectivity index (χ1n) is 7.62. The van der Waals surface area contributed by atoms with Crippen LogP contribution in [0.3, 0.4) is 0 Å². The smallest absolute Gasteiger partial charge is 0.102 e. The predicted octanol–water partition coefficient (Wildman–Crippen LogP) is 2.62. The van der Waals surface area contributed by atoms with E-state index in [0.29, 0.717) is 6.61 Å². The van der Waals surface area contributed by atoms with E-state index in [4.69, 9.17) is 4.74 Å². The van der Waals surface area contributed by atoms with Gasteiger partial charge in [0, 0.05) is 6.54 Å². The molecule has 0 amide bonds. The number of piperidine rings is 1. The maximum Gasteiger partial charge on any atom is 0.102 e. The number of benzene rings is 1. The fourth-order valence-corrected chi connectivity index (χ4v) is 3.07. The molecule has 2 aliphatic rings. The standard InChI is InChI=1S/C17H23NO2/c19-15(12-18-10-4-1-5-11-18)13-20-17-9-8-14-6-2-3-7-16(14)17/h2-3,6-9,15,17,19H,1,4-5,10-13H2. The molecule has 0 bridgehead atoms. The number of likely N-dealkylation sites (tertiary alicyclic amines) is 1. The van der Waals surface area contributed by atoms with Gasteiger partial charge in [-0.15, -0.1) is 0 Å². The number of nitrogens with zero attached hydrogens (tertiary/aromatic N) is 1. The normalized spacial score (nSPS) is 23.8. The monoisotopic (exact) mass is 273 g/mol. The summed E-state index contributed by atoms with van der Waals surface area (Å²) in [5.41, 5.74) is 2.43. The van der Waals surface area contributed by atoms with Crippen molar-refractivity contribution in [3.63, 3.8) is 0 Å². The van der Waals surface area contributed by atoms with E-state index in [9.17, 15) is 5.11 Å². The van der Waals surface area contributed by atoms with Crippen LogP contribution in [0.2, 0.25) is 0 Å². The van der Waals surface area contributed by atoms with Crippen molar-refractivity contribution in [3.05, 3.63) is 41.5 Å². The molecule has 1 aromatic carbocycles. The third kappa shape index (κ3) is 3.29. The number of aliphatic hydroxyl groups is 1. The van der Waals surface area contributed by atoms with Crippen LogP contribution in [0.5, 0.6) is 0 Å². The largest absolute Gasteiger partial charge is 0.389 e. The van der Waals surface area contributed by atoms with Gasteiger partial charge in [-0.2, -0.15) is 0 Å². The molecule has 20 heavy (non-hydrogen) atoms. The Kier molecular flexibility index (Phi) is 4.51. The van der Waals surface area contributed by atoms with Crippen LogP contribution in [-0.2, 0) is 4.74 Å². The third-order valence-electron chi connectivity index (χ3n) is 4.14. The predicted molar refractivity (Wildman–Crippen MR) is 80.5 cm³/mol. The minimum absolute atomic E-state index is 0.00204. The molecule has 1 saturated heterocycles. The van der Waals surface area contributed by atoms with Crippen LogP contribution in [0.25, 0.3) is 6.08 Å². The first kappa shape index (κ1) is 13.8. The van der Waals surface area contributed by atoms with Crippen molar-refractivity contribution in [1.29, 1.82) is 0 Å². The summed E-state index contributed by atoms with van der Waals surface area (Å²) in [6.45, 7) is 3.37. The maximum atomic E-state index is 10.1. The van der Waals surface area contributed by atoms with Gasteiger partial charge in [-0.05, 0) is 37.1 Å². The van der Waals surface area contributed by atoms with E-state index >= 15 is 0 Å². The highest BCUT2D eigenvalue weighted by molar-refractivity contribution is 5.61. The summed E-state index contributed by atoms with van der Waals surface area (Å²) in [5, 5.41) is 10.1. The van der Waals surface area contributed by atoms with Crippen molar-refractivity contribution < 1.29 is 9.84 Å². The van der Waals surface area contributed by atoms with Gasteiger partial charge in [0.2, 0.25) is 0 Å². The highest BCUT2D eigenvalue weighted by Crippen LogP contribution is 2.30. The minimum atomic E-state index is -0.394. The summed E-state index contributed by atoms with van der Waals surface area (Å²) in [5.74, 6) is 0. The summed E-state index contributed by atoms with van der Waals surface area (Å²) in [4.78, 5) is 2.34. The molecular weight excluding hydrogens is 250 g/mol. The van der Waals surface area contributed by atoms with Gasteiger partial charge >= 0.3 is 0 Å². The molecule has 1 N–H and O–H groups in total. The van der Waals surface area contributed by atoms with Gasteiger partial charge < -0.3 is 14.7 Å². The van der Waals surface area contributed by atoms with Crippen LogP contribution in [0.1, 0.15) is 36.5 Å². The van der Waals surface area contributed by atoms with Crippen molar-refractivity contribution in [2.75, 3.05) is 26.2 Å². The molecule has 3 nitrogen and oxygen atoms in total. The van der Waals surface area contributed by atoms with Crippen molar-refractivity contribution in [3.8, 4) is 0 Å². The fraction of sp³-hybridized carbons (Fsp3) is 0.529. The summed E-state index contributed by atoms with van der Waals surface area (Å²) >= 11 is 0. The first-order chi connectivity index (χ1) is 9.83. The second-order valence-corrected chi connectivity index (χ2v) is 5.76. The molecule has 0 aromatic heterocycles. The lowest BCUT2D eigenvalue weighted by molar-refractivity contribution is -0.00725. The molecule has 3 heteroatoms. The van der Waals surface area contributed by atoms with E-state index in [1.165, 1.54) is 30.4 Å². The summed E-state index contributed by atoms with van der Waals surface area (Å²) in [6, 6.07) is 8.26. The number of fused-ring (bicyclic) bond motifs is 1. The number of rotatable bonds is 5. The van der Waals surface area contributed by atoms with Gasteiger partial charge in [0.1, 0.15) is 6.10 Å². The SMILES string of the molecule is OC(COC1C=Cc2ccccc21)CN1CCCCC1. The number of hydrogen-bond donors (Lipinski definition) is 1. The van der Waals surface area contributed by atoms with Gasteiger partial charge in [-0.3, -0.25) is 0 Å². The molecule has 1 aliphatic heterocycles. The lowest BCUT2D eigenvalue weighted by atomic mass is 10.1. The molecule has 0 radical (unpaired) electrons. The Balaban J connectivity index is 1.46. The lowest BCUT2D eigenvalue weighted by Gasteiger charge is -2.28. The molecule has 1 heterocycles. The number of β-amino-alcohol motifs (C(OH)–C–C–N with tert-alkyl or cyclic N) is 1. The average Bonchev–Trinajstić information content (AvgIpc) is 2.89. The Hall–Kier alpha value is -1.16. The quantitative estimate of drug-likeness (QED) is 0.895. The van der Waals surface area contributed by atoms with E-state index < -0.39 is 6.10 Å². The maximum absolute atomic E-state index is 10.1. The minimum Gasteiger partial charge on any atom is -0.389 e. The zero-order valence-electron chi connectivity index (χ0n) is 11.9. The second-order valence-electron chi connectivity index (χ2n) is 5.76. The molecular formula is C17H23NO2. The van der Waals surface area contributed by atoms with Crippen LogP contribution >= 0.6 is 0 Å². The van der Waals surface area contributed by atoms with Crippen LogP contribution in [0, 0.1) is 0 Å². The molecule has 1 aromatic rings. The average molecular weight is 273 g/mol.